The lowest BCUT2D eigenvalue weighted by Gasteiger charge is -2.44. The van der Waals surface area contributed by atoms with E-state index in [2.05, 4.69) is 18.3 Å². The van der Waals surface area contributed by atoms with Crippen molar-refractivity contribution < 1.29 is 4.21 Å². The second-order valence-electron chi connectivity index (χ2n) is 5.47. The highest BCUT2D eigenvalue weighted by Gasteiger charge is 2.46. The van der Waals surface area contributed by atoms with Crippen LogP contribution in [0.2, 0.25) is 0 Å². The molecule has 0 saturated heterocycles. The van der Waals surface area contributed by atoms with E-state index in [9.17, 15) is 9.47 Å². The molecule has 102 valence electrons. The molecule has 3 nitrogen and oxygen atoms in total. The fraction of sp³-hybridized carbons (Fsp3) is 0.533. The van der Waals surface area contributed by atoms with E-state index in [1.165, 1.54) is 0 Å². The van der Waals surface area contributed by atoms with E-state index in [-0.39, 0.29) is 11.5 Å². The fourth-order valence-electron chi connectivity index (χ4n) is 2.85. The van der Waals surface area contributed by atoms with Gasteiger partial charge in [0.2, 0.25) is 0 Å². The molecule has 19 heavy (non-hydrogen) atoms. The molecule has 0 amide bonds. The second kappa shape index (κ2) is 5.85. The highest BCUT2D eigenvalue weighted by atomic mass is 32.2. The Kier molecular flexibility index (Phi) is 4.38. The van der Waals surface area contributed by atoms with Crippen LogP contribution in [0.5, 0.6) is 0 Å². The van der Waals surface area contributed by atoms with Gasteiger partial charge >= 0.3 is 0 Å². The molecule has 0 spiro atoms. The summed E-state index contributed by atoms with van der Waals surface area (Å²) in [5, 5.41) is 12.9. The van der Waals surface area contributed by atoms with Gasteiger partial charge in [-0.25, -0.2) is 0 Å². The number of nitrogens with one attached hydrogen (secondary N) is 1. The van der Waals surface area contributed by atoms with E-state index in [0.717, 1.165) is 18.4 Å². The fourth-order valence-corrected chi connectivity index (χ4v) is 3.65. The van der Waals surface area contributed by atoms with Crippen molar-refractivity contribution in [3.8, 4) is 6.07 Å². The SMILES string of the molecule is CC(CS(C)=O)NC1CC(C#N)(c2ccccc2)C1. The van der Waals surface area contributed by atoms with Crippen molar-refractivity contribution in [2.24, 2.45) is 0 Å². The van der Waals surface area contributed by atoms with Crippen LogP contribution in [0.4, 0.5) is 0 Å². The molecule has 1 saturated carbocycles. The van der Waals surface area contributed by atoms with Crippen LogP contribution >= 0.6 is 0 Å². The van der Waals surface area contributed by atoms with Crippen LogP contribution < -0.4 is 5.32 Å². The lowest BCUT2D eigenvalue weighted by Crippen LogP contribution is -2.54. The molecule has 2 rings (SSSR count). The molecule has 1 N–H and O–H groups in total. The lowest BCUT2D eigenvalue weighted by atomic mass is 9.62. The molecule has 1 aromatic rings. The number of rotatable bonds is 5. The summed E-state index contributed by atoms with van der Waals surface area (Å²) in [6, 6.07) is 13.1. The minimum absolute atomic E-state index is 0.239. The Balaban J connectivity index is 1.94. The molecule has 0 heterocycles. The van der Waals surface area contributed by atoms with Crippen LogP contribution in [0, 0.1) is 11.3 Å². The van der Waals surface area contributed by atoms with Crippen molar-refractivity contribution in [1.82, 2.24) is 5.32 Å². The number of nitriles is 1. The van der Waals surface area contributed by atoms with Crippen molar-refractivity contribution in [1.29, 1.82) is 5.26 Å². The lowest BCUT2D eigenvalue weighted by molar-refractivity contribution is 0.216. The van der Waals surface area contributed by atoms with Gasteiger partial charge in [-0.15, -0.1) is 0 Å². The quantitative estimate of drug-likeness (QED) is 0.894. The maximum Gasteiger partial charge on any atom is 0.0852 e. The van der Waals surface area contributed by atoms with Gasteiger partial charge in [-0.3, -0.25) is 4.21 Å². The van der Waals surface area contributed by atoms with Crippen molar-refractivity contribution in [2.75, 3.05) is 12.0 Å². The maximum absolute atomic E-state index is 11.2. The van der Waals surface area contributed by atoms with Gasteiger partial charge in [0.25, 0.3) is 0 Å². The van der Waals surface area contributed by atoms with E-state index in [1.807, 2.05) is 30.3 Å². The van der Waals surface area contributed by atoms with Crippen LogP contribution in [0.15, 0.2) is 30.3 Å². The summed E-state index contributed by atoms with van der Waals surface area (Å²) in [5.41, 5.74) is 0.784. The smallest absolute Gasteiger partial charge is 0.0852 e. The zero-order chi connectivity index (χ0) is 13.9. The normalized spacial score (nSPS) is 29.0. The van der Waals surface area contributed by atoms with Gasteiger partial charge < -0.3 is 5.32 Å². The molecule has 0 aliphatic heterocycles. The molecule has 0 radical (unpaired) electrons. The molecule has 0 bridgehead atoms. The Hall–Kier alpha value is -1.18. The van der Waals surface area contributed by atoms with Crippen LogP contribution in [-0.2, 0) is 16.2 Å². The summed E-state index contributed by atoms with van der Waals surface area (Å²) in [6.07, 6.45) is 3.41. The Morgan fingerprint density at radius 2 is 2.11 bits per heavy atom. The first-order valence-electron chi connectivity index (χ1n) is 6.58. The molecule has 1 fully saturated rings. The Bertz CT molecular complexity index is 489. The average Bonchev–Trinajstić information content (AvgIpc) is 2.33. The van der Waals surface area contributed by atoms with Crippen molar-refractivity contribution in [2.45, 2.75) is 37.3 Å². The van der Waals surface area contributed by atoms with Gasteiger partial charge in [-0.05, 0) is 25.3 Å². The van der Waals surface area contributed by atoms with E-state index in [0.29, 0.717) is 11.8 Å². The van der Waals surface area contributed by atoms with E-state index < -0.39 is 10.8 Å². The van der Waals surface area contributed by atoms with Gasteiger partial charge in [-0.2, -0.15) is 5.26 Å². The molecule has 0 aromatic heterocycles. The molecular weight excluding hydrogens is 256 g/mol. The standard InChI is InChI=1S/C15H20N2OS/c1-12(10-19(2)18)17-14-8-15(9-14,11-16)13-6-4-3-5-7-13/h3-7,12,14,17H,8-10H2,1-2H3. The molecule has 1 aliphatic carbocycles. The number of hydrogen-bond donors (Lipinski definition) is 1. The average molecular weight is 276 g/mol. The summed E-state index contributed by atoms with van der Waals surface area (Å²) in [7, 11) is -0.774. The second-order valence-corrected chi connectivity index (χ2v) is 6.95. The zero-order valence-corrected chi connectivity index (χ0v) is 12.2. The highest BCUT2D eigenvalue weighted by molar-refractivity contribution is 7.84. The van der Waals surface area contributed by atoms with Crippen molar-refractivity contribution in [3.63, 3.8) is 0 Å². The third-order valence-electron chi connectivity index (χ3n) is 3.74. The van der Waals surface area contributed by atoms with Gasteiger partial charge in [0.1, 0.15) is 0 Å². The number of hydrogen-bond acceptors (Lipinski definition) is 3. The Labute approximate surface area is 117 Å². The molecule has 1 aromatic carbocycles. The van der Waals surface area contributed by atoms with Crippen LogP contribution in [-0.4, -0.2) is 28.3 Å². The zero-order valence-electron chi connectivity index (χ0n) is 11.4. The summed E-state index contributed by atoms with van der Waals surface area (Å²) in [5.74, 6) is 0.668. The van der Waals surface area contributed by atoms with Crippen molar-refractivity contribution in [3.05, 3.63) is 35.9 Å². The predicted octanol–water partition coefficient (Wildman–Crippen LogP) is 1.97. The summed E-state index contributed by atoms with van der Waals surface area (Å²) >= 11 is 0. The molecule has 1 aliphatic rings. The summed E-state index contributed by atoms with van der Waals surface area (Å²) in [4.78, 5) is 0. The van der Waals surface area contributed by atoms with Gasteiger partial charge in [-0.1, -0.05) is 30.3 Å². The highest BCUT2D eigenvalue weighted by Crippen LogP contribution is 2.43. The van der Waals surface area contributed by atoms with Gasteiger partial charge in [0.15, 0.2) is 0 Å². The Morgan fingerprint density at radius 1 is 1.47 bits per heavy atom. The van der Waals surface area contributed by atoms with Crippen molar-refractivity contribution >= 4 is 10.8 Å². The van der Waals surface area contributed by atoms with Gasteiger partial charge in [0, 0.05) is 34.9 Å². The summed E-state index contributed by atoms with van der Waals surface area (Å²) < 4.78 is 11.2. The third-order valence-corrected chi connectivity index (χ3v) is 4.70. The number of benzene rings is 1. The van der Waals surface area contributed by atoms with Crippen LogP contribution in [0.1, 0.15) is 25.3 Å². The minimum atomic E-state index is -0.774. The molecule has 2 atom stereocenters. The largest absolute Gasteiger partial charge is 0.310 e. The number of nitrogens with zero attached hydrogens (tertiary/aromatic N) is 1. The van der Waals surface area contributed by atoms with Crippen LogP contribution in [0.25, 0.3) is 0 Å². The topological polar surface area (TPSA) is 52.9 Å². The first-order chi connectivity index (χ1) is 9.05. The Morgan fingerprint density at radius 3 is 2.63 bits per heavy atom. The summed E-state index contributed by atoms with van der Waals surface area (Å²) in [6.45, 7) is 2.05. The molecule has 4 heteroatoms. The maximum atomic E-state index is 11.2. The third kappa shape index (κ3) is 3.23. The minimum Gasteiger partial charge on any atom is -0.310 e. The van der Waals surface area contributed by atoms with E-state index >= 15 is 0 Å². The monoisotopic (exact) mass is 276 g/mol. The predicted molar refractivity (Wildman–Crippen MR) is 78.3 cm³/mol. The van der Waals surface area contributed by atoms with Crippen LogP contribution in [0.3, 0.4) is 0 Å². The van der Waals surface area contributed by atoms with E-state index in [1.54, 1.807) is 6.26 Å². The van der Waals surface area contributed by atoms with Gasteiger partial charge in [0.05, 0.1) is 11.5 Å². The first-order valence-corrected chi connectivity index (χ1v) is 8.31. The molecular formula is C15H20N2OS. The first kappa shape index (κ1) is 14.2. The van der Waals surface area contributed by atoms with E-state index in [4.69, 9.17) is 0 Å². The molecule has 2 unspecified atom stereocenters.